The number of aliphatic imine (C=N–C) groups is 1. The fourth-order valence-corrected chi connectivity index (χ4v) is 3.22. The van der Waals surface area contributed by atoms with Crippen molar-refractivity contribution in [2.24, 2.45) is 4.99 Å². The highest BCUT2D eigenvalue weighted by atomic mass is 32.1. The lowest BCUT2D eigenvalue weighted by Gasteiger charge is -2.30. The van der Waals surface area contributed by atoms with Gasteiger partial charge in [0, 0.05) is 26.2 Å². The van der Waals surface area contributed by atoms with E-state index in [2.05, 4.69) is 27.6 Å². The summed E-state index contributed by atoms with van der Waals surface area (Å²) in [5.41, 5.74) is -0.0523. The summed E-state index contributed by atoms with van der Waals surface area (Å²) in [4.78, 5) is 6.79. The first-order valence-electron chi connectivity index (χ1n) is 8.08. The molecular weight excluding hydrogens is 312 g/mol. The average molecular weight is 340 g/mol. The molecule has 2 rings (SSSR count). The zero-order valence-corrected chi connectivity index (χ0v) is 15.0. The summed E-state index contributed by atoms with van der Waals surface area (Å²) in [5.74, 6) is 0.708. The summed E-state index contributed by atoms with van der Waals surface area (Å²) in [7, 11) is 2.10. The molecular formula is C16H28N4O2S. The Labute approximate surface area is 142 Å². The normalized spacial score (nSPS) is 22.6. The molecule has 0 aromatic carbocycles. The van der Waals surface area contributed by atoms with E-state index in [0.717, 1.165) is 31.8 Å². The Morgan fingerprint density at radius 2 is 2.39 bits per heavy atom. The molecule has 1 aliphatic rings. The second-order valence-corrected chi connectivity index (χ2v) is 6.90. The Morgan fingerprint density at radius 3 is 3.04 bits per heavy atom. The number of thiophene rings is 1. The van der Waals surface area contributed by atoms with E-state index in [0.29, 0.717) is 19.0 Å². The van der Waals surface area contributed by atoms with Crippen LogP contribution in [0.2, 0.25) is 0 Å². The molecule has 6 nitrogen and oxygen atoms in total. The third-order valence-electron chi connectivity index (χ3n) is 3.87. The van der Waals surface area contributed by atoms with Gasteiger partial charge >= 0.3 is 0 Å². The molecule has 0 aliphatic carbocycles. The third kappa shape index (κ3) is 5.76. The van der Waals surface area contributed by atoms with Crippen LogP contribution in [0.15, 0.2) is 21.8 Å². The van der Waals surface area contributed by atoms with Crippen molar-refractivity contribution in [2.75, 3.05) is 46.4 Å². The Balaban J connectivity index is 1.89. The van der Waals surface area contributed by atoms with Gasteiger partial charge in [-0.15, -0.1) is 0 Å². The van der Waals surface area contributed by atoms with Crippen molar-refractivity contribution in [1.82, 2.24) is 15.5 Å². The summed E-state index contributed by atoms with van der Waals surface area (Å²) in [6, 6.07) is 1.94. The van der Waals surface area contributed by atoms with Gasteiger partial charge in [0.1, 0.15) is 5.60 Å². The van der Waals surface area contributed by atoms with Crippen LogP contribution in [0.25, 0.3) is 0 Å². The van der Waals surface area contributed by atoms with Gasteiger partial charge in [0.15, 0.2) is 5.96 Å². The first-order valence-corrected chi connectivity index (χ1v) is 9.03. The molecule has 130 valence electrons. The van der Waals surface area contributed by atoms with Gasteiger partial charge in [0.2, 0.25) is 0 Å². The van der Waals surface area contributed by atoms with E-state index in [1.165, 1.54) is 0 Å². The Bertz CT molecular complexity index is 490. The van der Waals surface area contributed by atoms with Gasteiger partial charge in [-0.25, -0.2) is 4.99 Å². The van der Waals surface area contributed by atoms with Crippen LogP contribution in [-0.4, -0.2) is 68.4 Å². The lowest BCUT2D eigenvalue weighted by atomic mass is 10.00. The number of aliphatic hydroxyl groups is 1. The van der Waals surface area contributed by atoms with Crippen LogP contribution in [0.4, 0.5) is 0 Å². The smallest absolute Gasteiger partial charge is 0.191 e. The number of rotatable bonds is 6. The summed E-state index contributed by atoms with van der Waals surface area (Å²) in [6.07, 6.45) is 0.162. The molecule has 0 radical (unpaired) electrons. The molecule has 2 unspecified atom stereocenters. The van der Waals surface area contributed by atoms with Crippen LogP contribution in [0.5, 0.6) is 0 Å². The minimum atomic E-state index is -0.954. The monoisotopic (exact) mass is 340 g/mol. The van der Waals surface area contributed by atoms with Crippen LogP contribution in [-0.2, 0) is 10.3 Å². The number of likely N-dealkylation sites (N-methyl/N-ethyl adjacent to an activating group) is 1. The van der Waals surface area contributed by atoms with Crippen molar-refractivity contribution in [3.8, 4) is 0 Å². The molecule has 0 saturated carbocycles. The highest BCUT2D eigenvalue weighted by Gasteiger charge is 2.23. The van der Waals surface area contributed by atoms with Crippen LogP contribution in [0.1, 0.15) is 19.4 Å². The summed E-state index contributed by atoms with van der Waals surface area (Å²) in [5, 5.41) is 21.0. The molecule has 1 fully saturated rings. The van der Waals surface area contributed by atoms with E-state index >= 15 is 0 Å². The molecule has 1 aromatic heterocycles. The number of ether oxygens (including phenoxy) is 1. The number of morpholine rings is 1. The average Bonchev–Trinajstić information content (AvgIpc) is 3.05. The van der Waals surface area contributed by atoms with Crippen molar-refractivity contribution < 1.29 is 9.84 Å². The molecule has 1 saturated heterocycles. The van der Waals surface area contributed by atoms with Crippen molar-refractivity contribution in [3.05, 3.63) is 22.4 Å². The molecule has 0 spiro atoms. The summed E-state index contributed by atoms with van der Waals surface area (Å²) < 4.78 is 5.75. The van der Waals surface area contributed by atoms with Gasteiger partial charge in [-0.3, -0.25) is 0 Å². The van der Waals surface area contributed by atoms with Gasteiger partial charge in [0.05, 0.1) is 19.3 Å². The zero-order chi connectivity index (χ0) is 16.7. The second kappa shape index (κ2) is 8.63. The standard InChI is InChI=1S/C16H28N4O2S/c1-4-17-15(18-9-14-10-20(3)6-7-22-14)19-12-16(2,21)13-5-8-23-11-13/h5,8,11,14,21H,4,6-7,9-10,12H2,1-3H3,(H2,17,18,19). The molecule has 1 aromatic rings. The Morgan fingerprint density at radius 1 is 1.57 bits per heavy atom. The predicted molar refractivity (Wildman–Crippen MR) is 95.1 cm³/mol. The van der Waals surface area contributed by atoms with E-state index < -0.39 is 5.60 Å². The number of nitrogens with one attached hydrogen (secondary N) is 2. The maximum atomic E-state index is 10.6. The van der Waals surface area contributed by atoms with Crippen LogP contribution in [0.3, 0.4) is 0 Å². The van der Waals surface area contributed by atoms with Gasteiger partial charge < -0.3 is 25.4 Å². The first kappa shape index (κ1) is 18.2. The minimum absolute atomic E-state index is 0.162. The highest BCUT2D eigenvalue weighted by Crippen LogP contribution is 2.23. The van der Waals surface area contributed by atoms with Gasteiger partial charge in [-0.2, -0.15) is 11.3 Å². The lowest BCUT2D eigenvalue weighted by molar-refractivity contribution is -0.0161. The molecule has 2 heterocycles. The summed E-state index contributed by atoms with van der Waals surface area (Å²) >= 11 is 1.58. The van der Waals surface area contributed by atoms with Crippen molar-refractivity contribution >= 4 is 17.3 Å². The SMILES string of the molecule is CCNC(=NCC(C)(O)c1ccsc1)NCC1CN(C)CCO1. The largest absolute Gasteiger partial charge is 0.383 e. The highest BCUT2D eigenvalue weighted by molar-refractivity contribution is 7.08. The van der Waals surface area contributed by atoms with Crippen molar-refractivity contribution in [3.63, 3.8) is 0 Å². The Kier molecular flexibility index (Phi) is 6.83. The summed E-state index contributed by atoms with van der Waals surface area (Å²) in [6.45, 7) is 8.27. The molecule has 7 heteroatoms. The third-order valence-corrected chi connectivity index (χ3v) is 4.55. The molecule has 0 bridgehead atoms. The van der Waals surface area contributed by atoms with Crippen LogP contribution >= 0.6 is 11.3 Å². The van der Waals surface area contributed by atoms with E-state index in [-0.39, 0.29) is 6.10 Å². The number of nitrogens with zero attached hydrogens (tertiary/aromatic N) is 2. The van der Waals surface area contributed by atoms with E-state index in [4.69, 9.17) is 4.74 Å². The van der Waals surface area contributed by atoms with Gasteiger partial charge in [-0.05, 0) is 43.3 Å². The molecule has 3 N–H and O–H groups in total. The van der Waals surface area contributed by atoms with E-state index in [1.54, 1.807) is 18.3 Å². The molecule has 0 amide bonds. The van der Waals surface area contributed by atoms with E-state index in [1.807, 2.05) is 23.8 Å². The van der Waals surface area contributed by atoms with E-state index in [9.17, 15) is 5.11 Å². The fourth-order valence-electron chi connectivity index (χ4n) is 2.44. The number of hydrogen-bond acceptors (Lipinski definition) is 5. The number of hydrogen-bond donors (Lipinski definition) is 3. The van der Waals surface area contributed by atoms with Crippen LogP contribution < -0.4 is 10.6 Å². The first-order chi connectivity index (χ1) is 11.0. The predicted octanol–water partition coefficient (Wildman–Crippen LogP) is 0.841. The molecule has 2 atom stereocenters. The van der Waals surface area contributed by atoms with Gasteiger partial charge in [-0.1, -0.05) is 0 Å². The maximum Gasteiger partial charge on any atom is 0.191 e. The fraction of sp³-hybridized carbons (Fsp3) is 0.688. The van der Waals surface area contributed by atoms with Crippen LogP contribution in [0, 0.1) is 0 Å². The topological polar surface area (TPSA) is 69.1 Å². The minimum Gasteiger partial charge on any atom is -0.383 e. The quantitative estimate of drug-likeness (QED) is 0.529. The lowest BCUT2D eigenvalue weighted by Crippen LogP contribution is -2.48. The molecule has 1 aliphatic heterocycles. The van der Waals surface area contributed by atoms with Crippen molar-refractivity contribution in [2.45, 2.75) is 25.6 Å². The second-order valence-electron chi connectivity index (χ2n) is 6.12. The number of guanidine groups is 1. The van der Waals surface area contributed by atoms with Gasteiger partial charge in [0.25, 0.3) is 0 Å². The molecule has 23 heavy (non-hydrogen) atoms. The Hall–Kier alpha value is -1.15. The maximum absolute atomic E-state index is 10.6. The van der Waals surface area contributed by atoms with Crippen molar-refractivity contribution in [1.29, 1.82) is 0 Å². The zero-order valence-electron chi connectivity index (χ0n) is 14.2.